The summed E-state index contributed by atoms with van der Waals surface area (Å²) in [5.74, 6) is -0.540. The van der Waals surface area contributed by atoms with Crippen molar-refractivity contribution in [3.8, 4) is 0 Å². The van der Waals surface area contributed by atoms with Crippen molar-refractivity contribution < 1.29 is 9.90 Å². The van der Waals surface area contributed by atoms with Gasteiger partial charge in [0.25, 0.3) is 0 Å². The second-order valence-electron chi connectivity index (χ2n) is 3.71. The number of carbonyl (C=O) groups is 1. The third-order valence-electron chi connectivity index (χ3n) is 1.93. The second kappa shape index (κ2) is 4.96. The molecule has 0 aromatic rings. The van der Waals surface area contributed by atoms with Crippen molar-refractivity contribution in [3.63, 3.8) is 0 Å². The maximum absolute atomic E-state index is 10.7. The first-order chi connectivity index (χ1) is 5.45. The fourth-order valence-electron chi connectivity index (χ4n) is 1.08. The van der Waals surface area contributed by atoms with Crippen LogP contribution in [0.2, 0.25) is 0 Å². The Morgan fingerprint density at radius 1 is 1.42 bits per heavy atom. The van der Waals surface area contributed by atoms with Gasteiger partial charge in [-0.3, -0.25) is 4.79 Å². The molecule has 0 saturated heterocycles. The highest BCUT2D eigenvalue weighted by molar-refractivity contribution is 5.73. The van der Waals surface area contributed by atoms with Crippen LogP contribution in [0.25, 0.3) is 0 Å². The number of carboxylic acids is 1. The van der Waals surface area contributed by atoms with Crippen LogP contribution in [0.5, 0.6) is 0 Å². The standard InChI is InChI=1S/C10H18O2/c1-7(2)5-6-9(8(3)4)10(11)12/h7,9H,3,5-6H2,1-2,4H3,(H,11,12). The lowest BCUT2D eigenvalue weighted by molar-refractivity contribution is -0.140. The van der Waals surface area contributed by atoms with Crippen molar-refractivity contribution in [1.82, 2.24) is 0 Å². The van der Waals surface area contributed by atoms with Crippen LogP contribution in [0.15, 0.2) is 12.2 Å². The number of carboxylic acid groups (broad SMARTS) is 1. The van der Waals surface area contributed by atoms with Crippen LogP contribution in [0, 0.1) is 11.8 Å². The molecule has 0 aromatic heterocycles. The molecule has 0 rings (SSSR count). The zero-order valence-corrected chi connectivity index (χ0v) is 8.13. The van der Waals surface area contributed by atoms with Crippen LogP contribution in [0.3, 0.4) is 0 Å². The van der Waals surface area contributed by atoms with E-state index in [1.54, 1.807) is 6.92 Å². The Morgan fingerprint density at radius 2 is 1.92 bits per heavy atom. The minimum absolute atomic E-state index is 0.354. The highest BCUT2D eigenvalue weighted by Crippen LogP contribution is 2.18. The van der Waals surface area contributed by atoms with Crippen molar-refractivity contribution in [2.24, 2.45) is 11.8 Å². The van der Waals surface area contributed by atoms with E-state index in [0.29, 0.717) is 12.3 Å². The van der Waals surface area contributed by atoms with Gasteiger partial charge in [-0.2, -0.15) is 0 Å². The zero-order chi connectivity index (χ0) is 9.72. The van der Waals surface area contributed by atoms with Crippen molar-refractivity contribution in [1.29, 1.82) is 0 Å². The Labute approximate surface area is 74.3 Å². The molecule has 0 aliphatic heterocycles. The normalized spacial score (nSPS) is 13.0. The van der Waals surface area contributed by atoms with Crippen LogP contribution < -0.4 is 0 Å². The topological polar surface area (TPSA) is 37.3 Å². The molecule has 12 heavy (non-hydrogen) atoms. The predicted octanol–water partition coefficient (Wildman–Crippen LogP) is 2.70. The summed E-state index contributed by atoms with van der Waals surface area (Å²) in [4.78, 5) is 10.7. The molecule has 0 spiro atoms. The lowest BCUT2D eigenvalue weighted by Crippen LogP contribution is -2.15. The lowest BCUT2D eigenvalue weighted by Gasteiger charge is -2.12. The van der Waals surface area contributed by atoms with E-state index < -0.39 is 5.97 Å². The summed E-state index contributed by atoms with van der Waals surface area (Å²) >= 11 is 0. The molecule has 1 unspecified atom stereocenters. The fraction of sp³-hybridized carbons (Fsp3) is 0.700. The Balaban J connectivity index is 3.97. The first kappa shape index (κ1) is 11.2. The Hall–Kier alpha value is -0.790. The number of hydrogen-bond donors (Lipinski definition) is 1. The van der Waals surface area contributed by atoms with E-state index in [0.717, 1.165) is 12.0 Å². The summed E-state index contributed by atoms with van der Waals surface area (Å²) in [5.41, 5.74) is 0.753. The fourth-order valence-corrected chi connectivity index (χ4v) is 1.08. The van der Waals surface area contributed by atoms with E-state index in [1.165, 1.54) is 0 Å². The second-order valence-corrected chi connectivity index (χ2v) is 3.71. The summed E-state index contributed by atoms with van der Waals surface area (Å²) < 4.78 is 0. The van der Waals surface area contributed by atoms with Crippen LogP contribution in [-0.2, 0) is 4.79 Å². The molecule has 2 nitrogen and oxygen atoms in total. The monoisotopic (exact) mass is 170 g/mol. The zero-order valence-electron chi connectivity index (χ0n) is 8.13. The Kier molecular flexibility index (Phi) is 4.64. The first-order valence-corrected chi connectivity index (χ1v) is 4.33. The van der Waals surface area contributed by atoms with E-state index in [1.807, 2.05) is 0 Å². The van der Waals surface area contributed by atoms with E-state index >= 15 is 0 Å². The van der Waals surface area contributed by atoms with Gasteiger partial charge in [0.15, 0.2) is 0 Å². The van der Waals surface area contributed by atoms with Crippen molar-refractivity contribution in [3.05, 3.63) is 12.2 Å². The molecule has 0 aliphatic rings. The SMILES string of the molecule is C=C(C)C(CCC(C)C)C(=O)O. The molecule has 0 aliphatic carbocycles. The van der Waals surface area contributed by atoms with E-state index in [4.69, 9.17) is 5.11 Å². The quantitative estimate of drug-likeness (QED) is 0.644. The summed E-state index contributed by atoms with van der Waals surface area (Å²) in [6, 6.07) is 0. The van der Waals surface area contributed by atoms with Crippen molar-refractivity contribution in [2.75, 3.05) is 0 Å². The van der Waals surface area contributed by atoms with Gasteiger partial charge in [0.2, 0.25) is 0 Å². The molecule has 0 bridgehead atoms. The van der Waals surface area contributed by atoms with Gasteiger partial charge in [-0.25, -0.2) is 0 Å². The van der Waals surface area contributed by atoms with Gasteiger partial charge in [0.05, 0.1) is 5.92 Å². The molecule has 70 valence electrons. The number of hydrogen-bond acceptors (Lipinski definition) is 1. The average Bonchev–Trinajstić information content (AvgIpc) is 1.84. The highest BCUT2D eigenvalue weighted by Gasteiger charge is 2.17. The molecule has 0 aromatic carbocycles. The number of aliphatic carboxylic acids is 1. The summed E-state index contributed by atoms with van der Waals surface area (Å²) in [5, 5.41) is 8.80. The van der Waals surface area contributed by atoms with Crippen LogP contribution in [0.4, 0.5) is 0 Å². The minimum Gasteiger partial charge on any atom is -0.481 e. The van der Waals surface area contributed by atoms with Crippen LogP contribution in [-0.4, -0.2) is 11.1 Å². The third kappa shape index (κ3) is 4.16. The smallest absolute Gasteiger partial charge is 0.310 e. The summed E-state index contributed by atoms with van der Waals surface area (Å²) in [6.45, 7) is 9.64. The van der Waals surface area contributed by atoms with Gasteiger partial charge >= 0.3 is 5.97 Å². The lowest BCUT2D eigenvalue weighted by atomic mass is 9.93. The van der Waals surface area contributed by atoms with Gasteiger partial charge in [-0.15, -0.1) is 0 Å². The molecular weight excluding hydrogens is 152 g/mol. The van der Waals surface area contributed by atoms with Gasteiger partial charge in [0.1, 0.15) is 0 Å². The maximum Gasteiger partial charge on any atom is 0.310 e. The van der Waals surface area contributed by atoms with Crippen molar-refractivity contribution in [2.45, 2.75) is 33.6 Å². The van der Waals surface area contributed by atoms with Crippen LogP contribution >= 0.6 is 0 Å². The summed E-state index contributed by atoms with van der Waals surface area (Å²) in [7, 11) is 0. The third-order valence-corrected chi connectivity index (χ3v) is 1.93. The molecule has 2 heteroatoms. The van der Waals surface area contributed by atoms with Crippen LogP contribution in [0.1, 0.15) is 33.6 Å². The van der Waals surface area contributed by atoms with Gasteiger partial charge < -0.3 is 5.11 Å². The van der Waals surface area contributed by atoms with Gasteiger partial charge in [-0.05, 0) is 25.7 Å². The van der Waals surface area contributed by atoms with Crippen molar-refractivity contribution >= 4 is 5.97 Å². The summed E-state index contributed by atoms with van der Waals surface area (Å²) in [6.07, 6.45) is 1.66. The molecule has 0 fully saturated rings. The maximum atomic E-state index is 10.7. The van der Waals surface area contributed by atoms with Gasteiger partial charge in [-0.1, -0.05) is 26.0 Å². The van der Waals surface area contributed by atoms with E-state index in [-0.39, 0.29) is 5.92 Å². The van der Waals surface area contributed by atoms with E-state index in [9.17, 15) is 4.79 Å². The van der Waals surface area contributed by atoms with E-state index in [2.05, 4.69) is 20.4 Å². The molecular formula is C10H18O2. The minimum atomic E-state index is -0.747. The largest absolute Gasteiger partial charge is 0.481 e. The molecule has 0 saturated carbocycles. The Morgan fingerprint density at radius 3 is 2.17 bits per heavy atom. The molecule has 1 N–H and O–H groups in total. The molecule has 1 atom stereocenters. The average molecular weight is 170 g/mol. The molecule has 0 radical (unpaired) electrons. The molecule has 0 heterocycles. The Bertz CT molecular complexity index is 157. The predicted molar refractivity (Wildman–Crippen MR) is 50.0 cm³/mol. The molecule has 0 amide bonds. The highest BCUT2D eigenvalue weighted by atomic mass is 16.4. The number of rotatable bonds is 5. The van der Waals surface area contributed by atoms with Gasteiger partial charge in [0, 0.05) is 0 Å². The first-order valence-electron chi connectivity index (χ1n) is 4.33.